The van der Waals surface area contributed by atoms with Crippen LogP contribution in [0.1, 0.15) is 51.4 Å². The van der Waals surface area contributed by atoms with Gasteiger partial charge in [-0.15, -0.1) is 0 Å². The van der Waals surface area contributed by atoms with Crippen LogP contribution in [-0.4, -0.2) is 0 Å². The molecule has 0 aliphatic heterocycles. The Kier molecular flexibility index (Phi) is 2.45. The molecule has 0 aromatic heterocycles. The Morgan fingerprint density at radius 3 is 2.76 bits per heavy atom. The van der Waals surface area contributed by atoms with Crippen LogP contribution in [0.3, 0.4) is 0 Å². The van der Waals surface area contributed by atoms with Crippen molar-refractivity contribution in [2.24, 2.45) is 29.6 Å². The first-order valence-corrected chi connectivity index (χ1v) is 7.82. The number of hydrogen-bond acceptors (Lipinski definition) is 0. The predicted molar refractivity (Wildman–Crippen MR) is 71.6 cm³/mol. The highest BCUT2D eigenvalue weighted by atomic mass is 14.5. The van der Waals surface area contributed by atoms with E-state index in [4.69, 9.17) is 0 Å². The average molecular weight is 228 g/mol. The third-order valence-electron chi connectivity index (χ3n) is 6.18. The van der Waals surface area contributed by atoms with Crippen LogP contribution in [0.25, 0.3) is 0 Å². The topological polar surface area (TPSA) is 0 Å². The molecule has 4 aliphatic carbocycles. The monoisotopic (exact) mass is 228 g/mol. The quantitative estimate of drug-likeness (QED) is 0.562. The van der Waals surface area contributed by atoms with Crippen LogP contribution in [0.5, 0.6) is 0 Å². The average Bonchev–Trinajstić information content (AvgIpc) is 2.86. The van der Waals surface area contributed by atoms with E-state index in [0.717, 1.165) is 29.6 Å². The smallest absolute Gasteiger partial charge is 0.00141 e. The lowest BCUT2D eigenvalue weighted by Gasteiger charge is -2.50. The van der Waals surface area contributed by atoms with E-state index in [2.05, 4.69) is 18.2 Å². The van der Waals surface area contributed by atoms with Crippen LogP contribution < -0.4 is 0 Å². The Morgan fingerprint density at radius 1 is 0.824 bits per heavy atom. The van der Waals surface area contributed by atoms with Crippen molar-refractivity contribution in [3.63, 3.8) is 0 Å². The van der Waals surface area contributed by atoms with E-state index in [-0.39, 0.29) is 0 Å². The predicted octanol–water partition coefficient (Wildman–Crippen LogP) is 4.73. The zero-order valence-corrected chi connectivity index (χ0v) is 10.8. The molecule has 0 aromatic carbocycles. The normalized spacial score (nSPS) is 48.0. The first kappa shape index (κ1) is 10.4. The summed E-state index contributed by atoms with van der Waals surface area (Å²) in [5.41, 5.74) is 1.82. The van der Waals surface area contributed by atoms with E-state index in [0.29, 0.717) is 0 Å². The molecule has 3 fully saturated rings. The van der Waals surface area contributed by atoms with Gasteiger partial charge in [0.15, 0.2) is 0 Å². The highest BCUT2D eigenvalue weighted by Gasteiger charge is 2.44. The fourth-order valence-corrected chi connectivity index (χ4v) is 5.46. The van der Waals surface area contributed by atoms with Crippen molar-refractivity contribution in [3.8, 4) is 0 Å². The van der Waals surface area contributed by atoms with Gasteiger partial charge in [0.2, 0.25) is 0 Å². The molecule has 0 aromatic rings. The van der Waals surface area contributed by atoms with Gasteiger partial charge in [0.05, 0.1) is 0 Å². The minimum absolute atomic E-state index is 0.844. The first-order chi connectivity index (χ1) is 8.43. The summed E-state index contributed by atoms with van der Waals surface area (Å²) in [5.74, 6) is 5.09. The zero-order valence-electron chi connectivity index (χ0n) is 10.8. The van der Waals surface area contributed by atoms with E-state index >= 15 is 0 Å². The molecular formula is C17H24. The summed E-state index contributed by atoms with van der Waals surface area (Å²) in [6.07, 6.45) is 19.4. The van der Waals surface area contributed by atoms with Crippen LogP contribution >= 0.6 is 0 Å². The minimum atomic E-state index is 0.844. The minimum Gasteiger partial charge on any atom is -0.0773 e. The maximum absolute atomic E-state index is 2.46. The highest BCUT2D eigenvalue weighted by molar-refractivity contribution is 5.32. The maximum Gasteiger partial charge on any atom is -0.00141 e. The summed E-state index contributed by atoms with van der Waals surface area (Å²) in [4.78, 5) is 0. The highest BCUT2D eigenvalue weighted by Crippen LogP contribution is 2.55. The third kappa shape index (κ3) is 1.56. The molecule has 0 bridgehead atoms. The molecular weight excluding hydrogens is 204 g/mol. The summed E-state index contributed by atoms with van der Waals surface area (Å²) in [6, 6.07) is 0. The van der Waals surface area contributed by atoms with Crippen molar-refractivity contribution in [3.05, 3.63) is 23.8 Å². The molecule has 0 amide bonds. The van der Waals surface area contributed by atoms with Gasteiger partial charge in [-0.05, 0) is 61.7 Å². The van der Waals surface area contributed by atoms with Crippen molar-refractivity contribution < 1.29 is 0 Å². The second-order valence-corrected chi connectivity index (χ2v) is 6.79. The largest absolute Gasteiger partial charge is 0.0773 e. The molecule has 4 aliphatic rings. The SMILES string of the molecule is C1=CC2CCC3C(CCC4CCCCC43)C2=C1. The summed E-state index contributed by atoms with van der Waals surface area (Å²) < 4.78 is 0. The fraction of sp³-hybridized carbons (Fsp3) is 0.765. The van der Waals surface area contributed by atoms with Gasteiger partial charge in [-0.1, -0.05) is 43.1 Å². The van der Waals surface area contributed by atoms with Crippen LogP contribution in [0.2, 0.25) is 0 Å². The van der Waals surface area contributed by atoms with Crippen LogP contribution in [0, 0.1) is 29.6 Å². The molecule has 92 valence electrons. The molecule has 0 nitrogen and oxygen atoms in total. The van der Waals surface area contributed by atoms with Gasteiger partial charge < -0.3 is 0 Å². The molecule has 0 spiro atoms. The van der Waals surface area contributed by atoms with Crippen LogP contribution in [0.4, 0.5) is 0 Å². The van der Waals surface area contributed by atoms with Gasteiger partial charge in [0.1, 0.15) is 0 Å². The Morgan fingerprint density at radius 2 is 1.76 bits per heavy atom. The van der Waals surface area contributed by atoms with Gasteiger partial charge in [-0.25, -0.2) is 0 Å². The number of hydrogen-bond donors (Lipinski definition) is 0. The van der Waals surface area contributed by atoms with Gasteiger partial charge in [-0.2, -0.15) is 0 Å². The van der Waals surface area contributed by atoms with E-state index < -0.39 is 0 Å². The number of rotatable bonds is 0. The summed E-state index contributed by atoms with van der Waals surface area (Å²) in [6.45, 7) is 0. The maximum atomic E-state index is 2.46. The van der Waals surface area contributed by atoms with Gasteiger partial charge >= 0.3 is 0 Å². The van der Waals surface area contributed by atoms with Crippen molar-refractivity contribution in [1.82, 2.24) is 0 Å². The van der Waals surface area contributed by atoms with E-state index in [1.165, 1.54) is 38.5 Å². The van der Waals surface area contributed by atoms with Crippen molar-refractivity contribution in [1.29, 1.82) is 0 Å². The third-order valence-corrected chi connectivity index (χ3v) is 6.18. The van der Waals surface area contributed by atoms with Crippen LogP contribution in [-0.2, 0) is 0 Å². The molecule has 0 heterocycles. The molecule has 3 saturated carbocycles. The Balaban J connectivity index is 1.61. The Labute approximate surface area is 105 Å². The summed E-state index contributed by atoms with van der Waals surface area (Å²) in [5, 5.41) is 0. The molecule has 0 saturated heterocycles. The Hall–Kier alpha value is -0.520. The summed E-state index contributed by atoms with van der Waals surface area (Å²) >= 11 is 0. The molecule has 5 atom stereocenters. The number of fused-ring (bicyclic) bond motifs is 5. The van der Waals surface area contributed by atoms with Crippen molar-refractivity contribution in [2.45, 2.75) is 51.4 Å². The lowest BCUT2D eigenvalue weighted by Crippen LogP contribution is -2.40. The lowest BCUT2D eigenvalue weighted by molar-refractivity contribution is 0.0457. The van der Waals surface area contributed by atoms with Gasteiger partial charge in [-0.3, -0.25) is 0 Å². The van der Waals surface area contributed by atoms with Crippen molar-refractivity contribution in [2.75, 3.05) is 0 Å². The van der Waals surface area contributed by atoms with Crippen molar-refractivity contribution >= 4 is 0 Å². The molecule has 5 unspecified atom stereocenters. The molecule has 4 rings (SSSR count). The molecule has 17 heavy (non-hydrogen) atoms. The van der Waals surface area contributed by atoms with Gasteiger partial charge in [0, 0.05) is 0 Å². The second-order valence-electron chi connectivity index (χ2n) is 6.79. The van der Waals surface area contributed by atoms with E-state index in [9.17, 15) is 0 Å². The lowest BCUT2D eigenvalue weighted by atomic mass is 9.55. The summed E-state index contributed by atoms with van der Waals surface area (Å²) in [7, 11) is 0. The van der Waals surface area contributed by atoms with E-state index in [1.807, 2.05) is 5.57 Å². The molecule has 0 radical (unpaired) electrons. The van der Waals surface area contributed by atoms with Crippen LogP contribution in [0.15, 0.2) is 23.8 Å². The zero-order chi connectivity index (χ0) is 11.2. The second kappa shape index (κ2) is 4.00. The molecule has 0 N–H and O–H groups in total. The Bertz CT molecular complexity index is 362. The molecule has 0 heteroatoms. The standard InChI is InChI=1S/C17H24/c1-2-6-14-12(4-1)8-10-17-15-7-3-5-13(15)9-11-16(14)17/h3,5,7,12-14,16-17H,1-2,4,6,8-11H2. The first-order valence-electron chi connectivity index (χ1n) is 7.82. The fourth-order valence-electron chi connectivity index (χ4n) is 5.46. The number of allylic oxidation sites excluding steroid dienone is 4. The van der Waals surface area contributed by atoms with E-state index in [1.54, 1.807) is 12.8 Å². The van der Waals surface area contributed by atoms with Gasteiger partial charge in [0.25, 0.3) is 0 Å².